The number of likely N-dealkylation sites (tertiary alicyclic amines) is 1. The first-order chi connectivity index (χ1) is 7.13. The molecule has 0 aromatic rings. The Morgan fingerprint density at radius 1 is 1.33 bits per heavy atom. The summed E-state index contributed by atoms with van der Waals surface area (Å²) in [5, 5.41) is 0. The Hall–Kier alpha value is -0.900. The van der Waals surface area contributed by atoms with Gasteiger partial charge in [0, 0.05) is 5.92 Å². The summed E-state index contributed by atoms with van der Waals surface area (Å²) in [5.74, 6) is 0.299. The Kier molecular flexibility index (Phi) is 4.75. The quantitative estimate of drug-likeness (QED) is 0.649. The fourth-order valence-corrected chi connectivity index (χ4v) is 1.89. The van der Waals surface area contributed by atoms with E-state index in [-0.39, 0.29) is 17.7 Å². The lowest BCUT2D eigenvalue weighted by molar-refractivity contribution is -0.144. The molecule has 1 rings (SSSR count). The van der Waals surface area contributed by atoms with Crippen molar-refractivity contribution < 1.29 is 14.3 Å². The molecule has 15 heavy (non-hydrogen) atoms. The van der Waals surface area contributed by atoms with E-state index in [9.17, 15) is 9.59 Å². The molecule has 0 bridgehead atoms. The predicted molar refractivity (Wildman–Crippen MR) is 56.5 cm³/mol. The van der Waals surface area contributed by atoms with Crippen LogP contribution in [0.4, 0.5) is 0 Å². The molecule has 0 amide bonds. The molecule has 0 radical (unpaired) electrons. The van der Waals surface area contributed by atoms with Crippen LogP contribution in [0.1, 0.15) is 26.7 Å². The van der Waals surface area contributed by atoms with Crippen LogP contribution >= 0.6 is 0 Å². The third-order valence-electron chi connectivity index (χ3n) is 2.82. The van der Waals surface area contributed by atoms with Crippen molar-refractivity contribution in [2.24, 2.45) is 5.92 Å². The molecular formula is C11H19NO3. The van der Waals surface area contributed by atoms with E-state index in [4.69, 9.17) is 4.74 Å². The molecule has 4 nitrogen and oxygen atoms in total. The highest BCUT2D eigenvalue weighted by Crippen LogP contribution is 2.17. The number of ketones is 1. The van der Waals surface area contributed by atoms with Gasteiger partial charge in [-0.15, -0.1) is 0 Å². The lowest BCUT2D eigenvalue weighted by Gasteiger charge is -2.29. The SMILES string of the molecule is CCOC(=O)CN1CCC(C(C)=O)CC1. The molecule has 1 saturated heterocycles. The van der Waals surface area contributed by atoms with Gasteiger partial charge in [-0.3, -0.25) is 14.5 Å². The Labute approximate surface area is 90.6 Å². The maximum absolute atomic E-state index is 11.2. The van der Waals surface area contributed by atoms with Crippen LogP contribution in [0.25, 0.3) is 0 Å². The van der Waals surface area contributed by atoms with Crippen molar-refractivity contribution >= 4 is 11.8 Å². The normalized spacial score (nSPS) is 18.8. The molecule has 0 aromatic carbocycles. The van der Waals surface area contributed by atoms with E-state index in [1.807, 2.05) is 0 Å². The van der Waals surface area contributed by atoms with Crippen molar-refractivity contribution in [3.8, 4) is 0 Å². The molecule has 0 atom stereocenters. The summed E-state index contributed by atoms with van der Waals surface area (Å²) in [7, 11) is 0. The first-order valence-corrected chi connectivity index (χ1v) is 5.52. The summed E-state index contributed by atoms with van der Waals surface area (Å²) in [6.07, 6.45) is 1.74. The number of carbonyl (C=O) groups excluding carboxylic acids is 2. The molecule has 0 aromatic heterocycles. The van der Waals surface area contributed by atoms with Gasteiger partial charge < -0.3 is 4.74 Å². The highest BCUT2D eigenvalue weighted by atomic mass is 16.5. The second kappa shape index (κ2) is 5.85. The Morgan fingerprint density at radius 2 is 1.93 bits per heavy atom. The average Bonchev–Trinajstić information content (AvgIpc) is 2.18. The molecule has 0 saturated carbocycles. The molecule has 1 heterocycles. The molecule has 4 heteroatoms. The topological polar surface area (TPSA) is 46.6 Å². The number of esters is 1. The minimum Gasteiger partial charge on any atom is -0.465 e. The molecule has 0 spiro atoms. The molecule has 0 unspecified atom stereocenters. The molecule has 0 N–H and O–H groups in total. The van der Waals surface area contributed by atoms with Gasteiger partial charge in [0.1, 0.15) is 5.78 Å². The summed E-state index contributed by atoms with van der Waals surface area (Å²) >= 11 is 0. The fraction of sp³-hybridized carbons (Fsp3) is 0.818. The summed E-state index contributed by atoms with van der Waals surface area (Å²) in [4.78, 5) is 24.4. The van der Waals surface area contributed by atoms with Gasteiger partial charge >= 0.3 is 5.97 Å². The van der Waals surface area contributed by atoms with Crippen molar-refractivity contribution in [1.29, 1.82) is 0 Å². The van der Waals surface area contributed by atoms with E-state index in [1.165, 1.54) is 0 Å². The van der Waals surface area contributed by atoms with Crippen molar-refractivity contribution in [2.75, 3.05) is 26.2 Å². The molecular weight excluding hydrogens is 194 g/mol. The van der Waals surface area contributed by atoms with Crippen LogP contribution in [0, 0.1) is 5.92 Å². The monoisotopic (exact) mass is 213 g/mol. The van der Waals surface area contributed by atoms with E-state index in [1.54, 1.807) is 13.8 Å². The maximum atomic E-state index is 11.2. The zero-order valence-corrected chi connectivity index (χ0v) is 9.49. The number of carbonyl (C=O) groups is 2. The van der Waals surface area contributed by atoms with E-state index >= 15 is 0 Å². The minimum atomic E-state index is -0.168. The number of hydrogen-bond donors (Lipinski definition) is 0. The lowest BCUT2D eigenvalue weighted by Crippen LogP contribution is -2.39. The molecule has 0 aliphatic carbocycles. The van der Waals surface area contributed by atoms with Gasteiger partial charge in [0.2, 0.25) is 0 Å². The lowest BCUT2D eigenvalue weighted by atomic mass is 9.93. The van der Waals surface area contributed by atoms with Gasteiger partial charge in [0.15, 0.2) is 0 Å². The Morgan fingerprint density at radius 3 is 2.40 bits per heavy atom. The zero-order valence-electron chi connectivity index (χ0n) is 9.49. The largest absolute Gasteiger partial charge is 0.465 e. The highest BCUT2D eigenvalue weighted by molar-refractivity contribution is 5.78. The number of rotatable bonds is 4. The second-order valence-electron chi connectivity index (χ2n) is 3.97. The number of Topliss-reactive ketones (excluding diaryl/α,β-unsaturated/α-hetero) is 1. The summed E-state index contributed by atoms with van der Waals surface area (Å²) in [6, 6.07) is 0. The van der Waals surface area contributed by atoms with Gasteiger partial charge in [-0.25, -0.2) is 0 Å². The number of hydrogen-bond acceptors (Lipinski definition) is 4. The van der Waals surface area contributed by atoms with E-state index in [2.05, 4.69) is 4.90 Å². The molecule has 1 aliphatic heterocycles. The van der Waals surface area contributed by atoms with Gasteiger partial charge in [-0.2, -0.15) is 0 Å². The van der Waals surface area contributed by atoms with Crippen LogP contribution in [0.2, 0.25) is 0 Å². The Balaban J connectivity index is 2.25. The van der Waals surface area contributed by atoms with Crippen molar-refractivity contribution in [1.82, 2.24) is 4.90 Å². The Bertz CT molecular complexity index is 232. The van der Waals surface area contributed by atoms with Crippen LogP contribution in [0.15, 0.2) is 0 Å². The molecule has 1 aliphatic rings. The fourth-order valence-electron chi connectivity index (χ4n) is 1.89. The standard InChI is InChI=1S/C11H19NO3/c1-3-15-11(14)8-12-6-4-10(5-7-12)9(2)13/h10H,3-8H2,1-2H3. The van der Waals surface area contributed by atoms with Crippen molar-refractivity contribution in [3.63, 3.8) is 0 Å². The number of piperidine rings is 1. The third-order valence-corrected chi connectivity index (χ3v) is 2.82. The van der Waals surface area contributed by atoms with Crippen LogP contribution < -0.4 is 0 Å². The number of nitrogens with zero attached hydrogens (tertiary/aromatic N) is 1. The highest BCUT2D eigenvalue weighted by Gasteiger charge is 2.23. The van der Waals surface area contributed by atoms with Gasteiger partial charge in [0.25, 0.3) is 0 Å². The third kappa shape index (κ3) is 4.00. The zero-order chi connectivity index (χ0) is 11.3. The van der Waals surface area contributed by atoms with E-state index in [0.29, 0.717) is 13.2 Å². The van der Waals surface area contributed by atoms with Gasteiger partial charge in [-0.05, 0) is 39.8 Å². The smallest absolute Gasteiger partial charge is 0.320 e. The first kappa shape index (κ1) is 12.2. The van der Waals surface area contributed by atoms with E-state index in [0.717, 1.165) is 25.9 Å². The average molecular weight is 213 g/mol. The second-order valence-corrected chi connectivity index (χ2v) is 3.97. The van der Waals surface area contributed by atoms with Crippen LogP contribution in [-0.2, 0) is 14.3 Å². The summed E-state index contributed by atoms with van der Waals surface area (Å²) in [5.41, 5.74) is 0. The van der Waals surface area contributed by atoms with Gasteiger partial charge in [0.05, 0.1) is 13.2 Å². The van der Waals surface area contributed by atoms with Crippen LogP contribution in [-0.4, -0.2) is 42.9 Å². The minimum absolute atomic E-state index is 0.168. The molecule has 1 fully saturated rings. The predicted octanol–water partition coefficient (Wildman–Crippen LogP) is 0.851. The van der Waals surface area contributed by atoms with Crippen LogP contribution in [0.5, 0.6) is 0 Å². The van der Waals surface area contributed by atoms with Crippen molar-refractivity contribution in [3.05, 3.63) is 0 Å². The number of ether oxygens (including phenoxy) is 1. The van der Waals surface area contributed by atoms with E-state index < -0.39 is 0 Å². The summed E-state index contributed by atoms with van der Waals surface area (Å²) in [6.45, 7) is 5.89. The summed E-state index contributed by atoms with van der Waals surface area (Å²) < 4.78 is 4.87. The van der Waals surface area contributed by atoms with Crippen LogP contribution in [0.3, 0.4) is 0 Å². The van der Waals surface area contributed by atoms with Crippen molar-refractivity contribution in [2.45, 2.75) is 26.7 Å². The van der Waals surface area contributed by atoms with Gasteiger partial charge in [-0.1, -0.05) is 0 Å². The maximum Gasteiger partial charge on any atom is 0.320 e. The molecule has 86 valence electrons. The first-order valence-electron chi connectivity index (χ1n) is 5.52.